The molecular formula is C22H22F2N4O4S. The fraction of sp³-hybridized carbons (Fsp3) is 0.273. The van der Waals surface area contributed by atoms with Crippen molar-refractivity contribution in [2.75, 3.05) is 38.0 Å². The number of rotatable bonds is 6. The zero-order valence-electron chi connectivity index (χ0n) is 17.5. The van der Waals surface area contributed by atoms with E-state index in [2.05, 4.69) is 10.3 Å². The molecule has 0 unspecified atom stereocenters. The Labute approximate surface area is 189 Å². The topological polar surface area (TPSA) is 103 Å². The molecule has 0 spiro atoms. The predicted molar refractivity (Wildman–Crippen MR) is 119 cm³/mol. The number of carbonyl (C=O) groups is 2. The SMILES string of the molecule is O=C(CN1CCN(C(=O)c2cc3ccccc3[nH]2)CC1)Nc1ccccc1S(=O)(=O)C(F)F. The molecule has 2 heterocycles. The van der Waals surface area contributed by atoms with Gasteiger partial charge in [0.05, 0.1) is 17.1 Å². The summed E-state index contributed by atoms with van der Waals surface area (Å²) >= 11 is 0. The van der Waals surface area contributed by atoms with Gasteiger partial charge in [0, 0.05) is 37.1 Å². The first-order valence-electron chi connectivity index (χ1n) is 10.3. The van der Waals surface area contributed by atoms with Crippen LogP contribution in [0.1, 0.15) is 10.5 Å². The number of nitrogens with zero attached hydrogens (tertiary/aromatic N) is 2. The Hall–Kier alpha value is -3.31. The number of piperazine rings is 1. The monoisotopic (exact) mass is 476 g/mol. The molecule has 1 aromatic heterocycles. The normalized spacial score (nSPS) is 15.2. The van der Waals surface area contributed by atoms with E-state index in [0.29, 0.717) is 31.9 Å². The minimum absolute atomic E-state index is 0.0581. The van der Waals surface area contributed by atoms with Crippen LogP contribution < -0.4 is 5.32 Å². The first kappa shape index (κ1) is 22.9. The number of aromatic nitrogens is 1. The summed E-state index contributed by atoms with van der Waals surface area (Å²) in [7, 11) is -4.85. The molecule has 8 nitrogen and oxygen atoms in total. The van der Waals surface area contributed by atoms with Crippen LogP contribution in [0, 0.1) is 0 Å². The van der Waals surface area contributed by atoms with E-state index in [0.717, 1.165) is 17.0 Å². The van der Waals surface area contributed by atoms with E-state index in [1.54, 1.807) is 4.90 Å². The van der Waals surface area contributed by atoms with Crippen molar-refractivity contribution in [2.45, 2.75) is 10.7 Å². The Balaban J connectivity index is 1.34. The van der Waals surface area contributed by atoms with Crippen molar-refractivity contribution in [3.05, 3.63) is 60.3 Å². The molecule has 4 rings (SSSR count). The summed E-state index contributed by atoms with van der Waals surface area (Å²) in [6, 6.07) is 14.5. The highest BCUT2D eigenvalue weighted by molar-refractivity contribution is 7.91. The summed E-state index contributed by atoms with van der Waals surface area (Å²) < 4.78 is 49.6. The standard InChI is InChI=1S/C22H22F2N4O4S/c23-22(24)33(31,32)19-8-4-3-7-17(19)26-20(29)14-27-9-11-28(12-10-27)21(30)18-13-15-5-1-2-6-16(15)25-18/h1-8,13,22,25H,9-12,14H2,(H,26,29). The number of hydrogen-bond donors (Lipinski definition) is 2. The third kappa shape index (κ3) is 4.88. The predicted octanol–water partition coefficient (Wildman–Crippen LogP) is 2.56. The van der Waals surface area contributed by atoms with Crippen molar-refractivity contribution >= 4 is 38.2 Å². The number of carbonyl (C=O) groups excluding carboxylic acids is 2. The number of benzene rings is 2. The van der Waals surface area contributed by atoms with Gasteiger partial charge >= 0.3 is 5.76 Å². The summed E-state index contributed by atoms with van der Waals surface area (Å²) in [6.45, 7) is 1.65. The van der Waals surface area contributed by atoms with Gasteiger partial charge in [-0.2, -0.15) is 8.78 Å². The molecule has 0 aliphatic carbocycles. The van der Waals surface area contributed by atoms with E-state index < -0.39 is 26.4 Å². The van der Waals surface area contributed by atoms with Gasteiger partial charge in [-0.3, -0.25) is 14.5 Å². The fourth-order valence-corrected chi connectivity index (χ4v) is 4.66. The van der Waals surface area contributed by atoms with Gasteiger partial charge in [0.25, 0.3) is 5.91 Å². The Morgan fingerprint density at radius 1 is 1.00 bits per heavy atom. The van der Waals surface area contributed by atoms with Gasteiger partial charge in [-0.1, -0.05) is 30.3 Å². The van der Waals surface area contributed by atoms with Crippen molar-refractivity contribution in [3.63, 3.8) is 0 Å². The van der Waals surface area contributed by atoms with Crippen LogP contribution in [0.3, 0.4) is 0 Å². The van der Waals surface area contributed by atoms with Crippen LogP contribution >= 0.6 is 0 Å². The number of aromatic amines is 1. The number of H-pyrrole nitrogens is 1. The summed E-state index contributed by atoms with van der Waals surface area (Å²) in [5, 5.41) is 3.36. The quantitative estimate of drug-likeness (QED) is 0.569. The van der Waals surface area contributed by atoms with Crippen LogP contribution in [-0.2, 0) is 14.6 Å². The molecule has 3 aromatic rings. The van der Waals surface area contributed by atoms with Crippen LogP contribution in [0.5, 0.6) is 0 Å². The van der Waals surface area contributed by atoms with Crippen LogP contribution in [-0.4, -0.2) is 73.5 Å². The van der Waals surface area contributed by atoms with Crippen molar-refractivity contribution in [3.8, 4) is 0 Å². The minimum atomic E-state index is -4.85. The molecule has 0 atom stereocenters. The highest BCUT2D eigenvalue weighted by atomic mass is 32.2. The smallest absolute Gasteiger partial charge is 0.341 e. The van der Waals surface area contributed by atoms with E-state index in [1.165, 1.54) is 18.2 Å². The molecule has 174 valence electrons. The van der Waals surface area contributed by atoms with Crippen LogP contribution in [0.4, 0.5) is 14.5 Å². The van der Waals surface area contributed by atoms with E-state index in [4.69, 9.17) is 0 Å². The number of nitrogens with one attached hydrogen (secondary N) is 2. The zero-order chi connectivity index (χ0) is 23.6. The number of para-hydroxylation sites is 2. The highest BCUT2D eigenvalue weighted by Gasteiger charge is 2.30. The molecule has 33 heavy (non-hydrogen) atoms. The maximum absolute atomic E-state index is 12.9. The Morgan fingerprint density at radius 2 is 1.67 bits per heavy atom. The molecule has 0 radical (unpaired) electrons. The van der Waals surface area contributed by atoms with Gasteiger partial charge in [-0.25, -0.2) is 8.42 Å². The molecule has 2 N–H and O–H groups in total. The average molecular weight is 477 g/mol. The molecule has 1 aliphatic heterocycles. The summed E-state index contributed by atoms with van der Waals surface area (Å²) in [5.74, 6) is -4.23. The number of alkyl halides is 2. The highest BCUT2D eigenvalue weighted by Crippen LogP contribution is 2.26. The van der Waals surface area contributed by atoms with E-state index in [9.17, 15) is 26.8 Å². The molecule has 1 saturated heterocycles. The van der Waals surface area contributed by atoms with Crippen molar-refractivity contribution in [2.24, 2.45) is 0 Å². The van der Waals surface area contributed by atoms with E-state index in [1.807, 2.05) is 35.2 Å². The molecule has 11 heteroatoms. The lowest BCUT2D eigenvalue weighted by atomic mass is 10.2. The van der Waals surface area contributed by atoms with Crippen LogP contribution in [0.2, 0.25) is 0 Å². The Bertz CT molecular complexity index is 1250. The molecular weight excluding hydrogens is 454 g/mol. The number of sulfone groups is 1. The number of anilines is 1. The van der Waals surface area contributed by atoms with Gasteiger partial charge in [-0.15, -0.1) is 0 Å². The van der Waals surface area contributed by atoms with Crippen molar-refractivity contribution in [1.29, 1.82) is 0 Å². The molecule has 0 bridgehead atoms. The lowest BCUT2D eigenvalue weighted by molar-refractivity contribution is -0.117. The van der Waals surface area contributed by atoms with Crippen LogP contribution in [0.15, 0.2) is 59.5 Å². The molecule has 0 saturated carbocycles. The Morgan fingerprint density at radius 3 is 2.36 bits per heavy atom. The van der Waals surface area contributed by atoms with Gasteiger partial charge in [0.1, 0.15) is 5.69 Å². The first-order valence-corrected chi connectivity index (χ1v) is 11.8. The third-order valence-corrected chi connectivity index (χ3v) is 6.93. The van der Waals surface area contributed by atoms with Crippen molar-refractivity contribution in [1.82, 2.24) is 14.8 Å². The maximum atomic E-state index is 12.9. The largest absolute Gasteiger partial charge is 0.351 e. The molecule has 1 fully saturated rings. The van der Waals surface area contributed by atoms with Crippen molar-refractivity contribution < 1.29 is 26.8 Å². The number of fused-ring (bicyclic) bond motifs is 1. The van der Waals surface area contributed by atoms with Crippen LogP contribution in [0.25, 0.3) is 10.9 Å². The second-order valence-corrected chi connectivity index (χ2v) is 9.57. The third-order valence-electron chi connectivity index (χ3n) is 5.49. The summed E-state index contributed by atoms with van der Waals surface area (Å²) in [4.78, 5) is 31.3. The number of halogens is 2. The lowest BCUT2D eigenvalue weighted by Gasteiger charge is -2.34. The second-order valence-electron chi connectivity index (χ2n) is 7.69. The van der Waals surface area contributed by atoms with Gasteiger partial charge in [0.2, 0.25) is 15.7 Å². The zero-order valence-corrected chi connectivity index (χ0v) is 18.3. The van der Waals surface area contributed by atoms with E-state index >= 15 is 0 Å². The maximum Gasteiger partial charge on any atom is 0.341 e. The number of amides is 2. The minimum Gasteiger partial charge on any atom is -0.351 e. The molecule has 2 amide bonds. The lowest BCUT2D eigenvalue weighted by Crippen LogP contribution is -2.50. The molecule has 2 aromatic carbocycles. The summed E-state index contributed by atoms with van der Waals surface area (Å²) in [6.07, 6.45) is 0. The first-order chi connectivity index (χ1) is 15.8. The van der Waals surface area contributed by atoms with Gasteiger partial charge < -0.3 is 15.2 Å². The average Bonchev–Trinajstić information content (AvgIpc) is 3.23. The Kier molecular flexibility index (Phi) is 6.43. The number of hydrogen-bond acceptors (Lipinski definition) is 5. The van der Waals surface area contributed by atoms with Gasteiger partial charge in [0.15, 0.2) is 0 Å². The summed E-state index contributed by atoms with van der Waals surface area (Å²) in [5.41, 5.74) is 1.19. The molecule has 1 aliphatic rings. The van der Waals surface area contributed by atoms with E-state index in [-0.39, 0.29) is 18.1 Å². The fourth-order valence-electron chi connectivity index (χ4n) is 3.77. The van der Waals surface area contributed by atoms with Gasteiger partial charge in [-0.05, 0) is 24.3 Å². The second kappa shape index (κ2) is 9.28.